The zero-order chi connectivity index (χ0) is 18.1. The molecule has 0 amide bonds. The van der Waals surface area contributed by atoms with Gasteiger partial charge in [-0.15, -0.1) is 11.3 Å². The number of aromatic nitrogens is 2. The molecule has 0 aliphatic heterocycles. The Morgan fingerprint density at radius 1 is 1.32 bits per heavy atom. The molecule has 0 fully saturated rings. The molecule has 0 atom stereocenters. The van der Waals surface area contributed by atoms with Crippen LogP contribution in [0.5, 0.6) is 0 Å². The first-order chi connectivity index (χ1) is 11.9. The maximum Gasteiger partial charge on any atom is 0.347 e. The van der Waals surface area contributed by atoms with Gasteiger partial charge in [0.1, 0.15) is 27.6 Å². The Hall–Kier alpha value is -3.18. The van der Waals surface area contributed by atoms with E-state index >= 15 is 0 Å². The minimum atomic E-state index is -1.09. The van der Waals surface area contributed by atoms with Gasteiger partial charge in [-0.3, -0.25) is 4.98 Å². The third kappa shape index (κ3) is 3.09. The summed E-state index contributed by atoms with van der Waals surface area (Å²) < 4.78 is 27.3. The standard InChI is InChI=1S/C17H9F2N3O2S/c1-8-15(17(23)24)25-16(22-8)10-4-9(6-20)14(21-7-10)12-5-11(18)2-3-13(12)19/h2-5,7H,1H3,(H,23,24). The van der Waals surface area contributed by atoms with Gasteiger partial charge in [0, 0.05) is 17.3 Å². The fourth-order valence-electron chi connectivity index (χ4n) is 2.28. The van der Waals surface area contributed by atoms with E-state index in [9.17, 15) is 18.8 Å². The van der Waals surface area contributed by atoms with E-state index in [0.29, 0.717) is 16.3 Å². The normalized spacial score (nSPS) is 10.5. The molecule has 0 aliphatic carbocycles. The van der Waals surface area contributed by atoms with Crippen molar-refractivity contribution in [2.75, 3.05) is 0 Å². The lowest BCUT2D eigenvalue weighted by Crippen LogP contribution is -1.94. The van der Waals surface area contributed by atoms with Crippen LogP contribution >= 0.6 is 11.3 Å². The highest BCUT2D eigenvalue weighted by Crippen LogP contribution is 2.31. The number of hydrogen-bond donors (Lipinski definition) is 1. The SMILES string of the molecule is Cc1nc(-c2cnc(-c3cc(F)ccc3F)c(C#N)c2)sc1C(=O)O. The quantitative estimate of drug-likeness (QED) is 0.765. The van der Waals surface area contributed by atoms with Crippen molar-refractivity contribution in [3.63, 3.8) is 0 Å². The minimum Gasteiger partial charge on any atom is -0.477 e. The molecule has 2 aromatic heterocycles. The second kappa shape index (κ2) is 6.37. The van der Waals surface area contributed by atoms with Gasteiger partial charge < -0.3 is 5.11 Å². The molecule has 3 aromatic rings. The largest absolute Gasteiger partial charge is 0.477 e. The molecule has 0 spiro atoms. The molecule has 5 nitrogen and oxygen atoms in total. The maximum absolute atomic E-state index is 13.9. The number of rotatable bonds is 3. The van der Waals surface area contributed by atoms with E-state index in [4.69, 9.17) is 5.11 Å². The Bertz CT molecular complexity index is 1040. The summed E-state index contributed by atoms with van der Waals surface area (Å²) in [5.41, 5.74) is 0.704. The van der Waals surface area contributed by atoms with Crippen LogP contribution in [0.4, 0.5) is 8.78 Å². The van der Waals surface area contributed by atoms with E-state index < -0.39 is 17.6 Å². The molecule has 2 heterocycles. The summed E-state index contributed by atoms with van der Waals surface area (Å²) in [5, 5.41) is 18.8. The molecule has 1 N–H and O–H groups in total. The molecule has 0 saturated carbocycles. The summed E-state index contributed by atoms with van der Waals surface area (Å²) in [6.45, 7) is 1.57. The van der Waals surface area contributed by atoms with Crippen LogP contribution in [0.1, 0.15) is 20.9 Å². The van der Waals surface area contributed by atoms with Crippen molar-refractivity contribution in [1.29, 1.82) is 5.26 Å². The number of pyridine rings is 1. The summed E-state index contributed by atoms with van der Waals surface area (Å²) >= 11 is 0.953. The molecule has 0 unspecified atom stereocenters. The van der Waals surface area contributed by atoms with E-state index in [0.717, 1.165) is 29.5 Å². The molecule has 0 bridgehead atoms. The number of hydrogen-bond acceptors (Lipinski definition) is 5. The predicted octanol–water partition coefficient (Wildman–Crippen LogP) is 4.03. The van der Waals surface area contributed by atoms with Gasteiger partial charge in [-0.25, -0.2) is 18.6 Å². The smallest absolute Gasteiger partial charge is 0.347 e. The average molecular weight is 357 g/mol. The van der Waals surface area contributed by atoms with Crippen molar-refractivity contribution in [3.8, 4) is 27.9 Å². The number of halogens is 2. The first-order valence-corrected chi connectivity index (χ1v) is 7.79. The van der Waals surface area contributed by atoms with E-state index in [1.54, 1.807) is 6.92 Å². The number of carbonyl (C=O) groups is 1. The monoisotopic (exact) mass is 357 g/mol. The minimum absolute atomic E-state index is 0.00925. The van der Waals surface area contributed by atoms with Crippen LogP contribution in [-0.4, -0.2) is 21.0 Å². The third-order valence-electron chi connectivity index (χ3n) is 3.43. The number of carboxylic acid groups (broad SMARTS) is 1. The Labute approximate surface area is 144 Å². The number of aryl methyl sites for hydroxylation is 1. The van der Waals surface area contributed by atoms with Gasteiger partial charge in [0.25, 0.3) is 0 Å². The van der Waals surface area contributed by atoms with E-state index in [-0.39, 0.29) is 21.7 Å². The molecule has 3 rings (SSSR count). The van der Waals surface area contributed by atoms with Crippen LogP contribution in [0.15, 0.2) is 30.5 Å². The Morgan fingerprint density at radius 3 is 2.72 bits per heavy atom. The maximum atomic E-state index is 13.9. The van der Waals surface area contributed by atoms with Crippen molar-refractivity contribution < 1.29 is 18.7 Å². The summed E-state index contributed by atoms with van der Waals surface area (Å²) in [6, 6.07) is 6.24. The fraction of sp³-hybridized carbons (Fsp3) is 0.0588. The number of nitrogens with zero attached hydrogens (tertiary/aromatic N) is 3. The van der Waals surface area contributed by atoms with Gasteiger partial charge in [-0.05, 0) is 31.2 Å². The van der Waals surface area contributed by atoms with Crippen LogP contribution in [0.3, 0.4) is 0 Å². The molecule has 0 saturated heterocycles. The Kier molecular flexibility index (Phi) is 4.25. The van der Waals surface area contributed by atoms with E-state index in [1.165, 1.54) is 12.3 Å². The molecule has 124 valence electrons. The summed E-state index contributed by atoms with van der Waals surface area (Å²) in [6.07, 6.45) is 1.35. The van der Waals surface area contributed by atoms with Gasteiger partial charge in [0.2, 0.25) is 0 Å². The van der Waals surface area contributed by atoms with Crippen LogP contribution in [0.25, 0.3) is 21.8 Å². The lowest BCUT2D eigenvalue weighted by Gasteiger charge is -2.06. The summed E-state index contributed by atoms with van der Waals surface area (Å²) in [5.74, 6) is -2.43. The highest BCUT2D eigenvalue weighted by Gasteiger charge is 2.18. The molecule has 0 radical (unpaired) electrons. The average Bonchev–Trinajstić information content (AvgIpc) is 2.98. The van der Waals surface area contributed by atoms with Gasteiger partial charge in [0.05, 0.1) is 17.0 Å². The van der Waals surface area contributed by atoms with Gasteiger partial charge in [-0.1, -0.05) is 0 Å². The summed E-state index contributed by atoms with van der Waals surface area (Å²) in [7, 11) is 0. The molecule has 0 aliphatic rings. The second-order valence-electron chi connectivity index (χ2n) is 5.09. The highest BCUT2D eigenvalue weighted by molar-refractivity contribution is 7.17. The third-order valence-corrected chi connectivity index (χ3v) is 4.62. The second-order valence-corrected chi connectivity index (χ2v) is 6.09. The molecular formula is C17H9F2N3O2S. The predicted molar refractivity (Wildman–Crippen MR) is 87.1 cm³/mol. The van der Waals surface area contributed by atoms with Crippen molar-refractivity contribution in [1.82, 2.24) is 9.97 Å². The first kappa shape index (κ1) is 16.7. The Morgan fingerprint density at radius 2 is 2.08 bits per heavy atom. The lowest BCUT2D eigenvalue weighted by molar-refractivity contribution is 0.0701. The Balaban J connectivity index is 2.12. The van der Waals surface area contributed by atoms with Crippen molar-refractivity contribution in [2.45, 2.75) is 6.92 Å². The van der Waals surface area contributed by atoms with E-state index in [2.05, 4.69) is 9.97 Å². The first-order valence-electron chi connectivity index (χ1n) is 6.97. The molecule has 25 heavy (non-hydrogen) atoms. The number of aromatic carboxylic acids is 1. The van der Waals surface area contributed by atoms with Crippen molar-refractivity contribution in [3.05, 3.63) is 58.2 Å². The van der Waals surface area contributed by atoms with Crippen LogP contribution in [0, 0.1) is 29.9 Å². The van der Waals surface area contributed by atoms with Crippen LogP contribution < -0.4 is 0 Å². The van der Waals surface area contributed by atoms with Gasteiger partial charge >= 0.3 is 5.97 Å². The molecule has 1 aromatic carbocycles. The van der Waals surface area contributed by atoms with Gasteiger partial charge in [0.15, 0.2) is 0 Å². The number of nitriles is 1. The van der Waals surface area contributed by atoms with Crippen molar-refractivity contribution >= 4 is 17.3 Å². The van der Waals surface area contributed by atoms with E-state index in [1.807, 2.05) is 6.07 Å². The van der Waals surface area contributed by atoms with Crippen LogP contribution in [0.2, 0.25) is 0 Å². The van der Waals surface area contributed by atoms with Crippen molar-refractivity contribution in [2.24, 2.45) is 0 Å². The van der Waals surface area contributed by atoms with Gasteiger partial charge in [-0.2, -0.15) is 5.26 Å². The molecular weight excluding hydrogens is 348 g/mol. The number of thiazole rings is 1. The fourth-order valence-corrected chi connectivity index (χ4v) is 3.16. The zero-order valence-corrected chi connectivity index (χ0v) is 13.6. The topological polar surface area (TPSA) is 86.9 Å². The summed E-state index contributed by atoms with van der Waals surface area (Å²) in [4.78, 5) is 19.5. The number of benzene rings is 1. The number of carboxylic acids is 1. The molecule has 8 heteroatoms. The lowest BCUT2D eigenvalue weighted by atomic mass is 10.0. The highest BCUT2D eigenvalue weighted by atomic mass is 32.1. The van der Waals surface area contributed by atoms with Crippen LogP contribution in [-0.2, 0) is 0 Å². The zero-order valence-electron chi connectivity index (χ0n) is 12.7.